The molecule has 1 fully saturated rings. The van der Waals surface area contributed by atoms with Crippen molar-refractivity contribution < 1.29 is 4.74 Å². The SMILES string of the molecule is CN=C(NCCc1ncc(C)s1)NCC1(NC(C)c2ccccc2)CCOCC1.I. The molecule has 1 atom stereocenters. The van der Waals surface area contributed by atoms with Gasteiger partial charge in [0.2, 0.25) is 0 Å². The van der Waals surface area contributed by atoms with Gasteiger partial charge in [-0.05, 0) is 32.3 Å². The lowest BCUT2D eigenvalue weighted by Crippen LogP contribution is -2.58. The van der Waals surface area contributed by atoms with Crippen LogP contribution in [0.25, 0.3) is 0 Å². The maximum Gasteiger partial charge on any atom is 0.191 e. The number of aliphatic imine (C=N–C) groups is 1. The number of hydrogen-bond donors (Lipinski definition) is 3. The number of nitrogens with one attached hydrogen (secondary N) is 3. The van der Waals surface area contributed by atoms with Crippen LogP contribution in [-0.2, 0) is 11.2 Å². The van der Waals surface area contributed by atoms with E-state index in [2.05, 4.69) is 70.1 Å². The molecule has 1 aliphatic rings. The van der Waals surface area contributed by atoms with Crippen molar-refractivity contribution >= 4 is 41.3 Å². The first-order valence-electron chi connectivity index (χ1n) is 10.4. The van der Waals surface area contributed by atoms with Gasteiger partial charge in [0.05, 0.1) is 5.01 Å². The summed E-state index contributed by atoms with van der Waals surface area (Å²) in [5.41, 5.74) is 1.29. The highest BCUT2D eigenvalue weighted by molar-refractivity contribution is 14.0. The predicted molar refractivity (Wildman–Crippen MR) is 136 cm³/mol. The fourth-order valence-electron chi connectivity index (χ4n) is 3.70. The Morgan fingerprint density at radius 1 is 1.23 bits per heavy atom. The van der Waals surface area contributed by atoms with Crippen LogP contribution in [0.2, 0.25) is 0 Å². The van der Waals surface area contributed by atoms with Crippen molar-refractivity contribution in [3.63, 3.8) is 0 Å². The highest BCUT2D eigenvalue weighted by Crippen LogP contribution is 2.25. The molecule has 0 saturated carbocycles. The molecule has 0 amide bonds. The predicted octanol–water partition coefficient (Wildman–Crippen LogP) is 3.68. The summed E-state index contributed by atoms with van der Waals surface area (Å²) in [4.78, 5) is 10.1. The van der Waals surface area contributed by atoms with E-state index in [0.29, 0.717) is 0 Å². The Morgan fingerprint density at radius 3 is 2.60 bits per heavy atom. The van der Waals surface area contributed by atoms with Gasteiger partial charge in [-0.1, -0.05) is 30.3 Å². The van der Waals surface area contributed by atoms with Gasteiger partial charge in [0.25, 0.3) is 0 Å². The Labute approximate surface area is 201 Å². The Kier molecular flexibility index (Phi) is 10.5. The summed E-state index contributed by atoms with van der Waals surface area (Å²) in [5.74, 6) is 0.832. The van der Waals surface area contributed by atoms with Gasteiger partial charge in [-0.15, -0.1) is 35.3 Å². The molecule has 1 aromatic carbocycles. The van der Waals surface area contributed by atoms with Crippen LogP contribution in [-0.4, -0.2) is 49.8 Å². The van der Waals surface area contributed by atoms with Crippen LogP contribution in [0.5, 0.6) is 0 Å². The Bertz CT molecular complexity index is 777. The zero-order chi connectivity index (χ0) is 20.5. The molecule has 1 saturated heterocycles. The zero-order valence-electron chi connectivity index (χ0n) is 18.1. The van der Waals surface area contributed by atoms with Crippen molar-refractivity contribution in [1.29, 1.82) is 0 Å². The highest BCUT2D eigenvalue weighted by Gasteiger charge is 2.34. The van der Waals surface area contributed by atoms with Crippen LogP contribution in [0, 0.1) is 6.92 Å². The first kappa shape index (κ1) is 25.0. The smallest absolute Gasteiger partial charge is 0.191 e. The Morgan fingerprint density at radius 2 is 1.97 bits per heavy atom. The number of halogens is 1. The van der Waals surface area contributed by atoms with Gasteiger partial charge in [-0.25, -0.2) is 4.98 Å². The maximum absolute atomic E-state index is 5.64. The van der Waals surface area contributed by atoms with E-state index >= 15 is 0 Å². The minimum absolute atomic E-state index is 0. The second-order valence-electron chi connectivity index (χ2n) is 7.64. The molecule has 6 nitrogen and oxygen atoms in total. The second-order valence-corrected chi connectivity index (χ2v) is 8.96. The third-order valence-corrected chi connectivity index (χ3v) is 6.36. The number of hydrogen-bond acceptors (Lipinski definition) is 5. The topological polar surface area (TPSA) is 70.6 Å². The molecule has 30 heavy (non-hydrogen) atoms. The first-order chi connectivity index (χ1) is 14.1. The molecule has 166 valence electrons. The lowest BCUT2D eigenvalue weighted by atomic mass is 9.88. The normalized spacial score (nSPS) is 17.1. The molecule has 2 aromatic rings. The molecule has 8 heteroatoms. The summed E-state index contributed by atoms with van der Waals surface area (Å²) >= 11 is 1.75. The van der Waals surface area contributed by atoms with Gasteiger partial charge >= 0.3 is 0 Å². The number of rotatable bonds is 8. The molecular weight excluding hydrogens is 509 g/mol. The molecule has 0 radical (unpaired) electrons. The van der Waals surface area contributed by atoms with Crippen molar-refractivity contribution in [2.45, 2.75) is 44.7 Å². The van der Waals surface area contributed by atoms with E-state index in [9.17, 15) is 0 Å². The van der Waals surface area contributed by atoms with E-state index in [-0.39, 0.29) is 35.6 Å². The molecule has 0 aliphatic carbocycles. The fourth-order valence-corrected chi connectivity index (χ4v) is 4.48. The lowest BCUT2D eigenvalue weighted by Gasteiger charge is -2.41. The average molecular weight is 544 g/mol. The summed E-state index contributed by atoms with van der Waals surface area (Å²) < 4.78 is 5.64. The van der Waals surface area contributed by atoms with E-state index in [1.165, 1.54) is 10.4 Å². The Hall–Kier alpha value is -1.23. The molecule has 1 aromatic heterocycles. The molecule has 1 unspecified atom stereocenters. The highest BCUT2D eigenvalue weighted by atomic mass is 127. The number of guanidine groups is 1. The van der Waals surface area contributed by atoms with Crippen molar-refractivity contribution in [3.8, 4) is 0 Å². The van der Waals surface area contributed by atoms with E-state index in [4.69, 9.17) is 4.74 Å². The van der Waals surface area contributed by atoms with Gasteiger partial charge in [0.15, 0.2) is 5.96 Å². The van der Waals surface area contributed by atoms with E-state index in [0.717, 1.165) is 56.5 Å². The monoisotopic (exact) mass is 543 g/mol. The molecule has 2 heterocycles. The van der Waals surface area contributed by atoms with E-state index in [1.54, 1.807) is 11.3 Å². The minimum atomic E-state index is -0.0163. The molecule has 3 N–H and O–H groups in total. The summed E-state index contributed by atoms with van der Waals surface area (Å²) in [6.07, 6.45) is 4.79. The lowest BCUT2D eigenvalue weighted by molar-refractivity contribution is 0.0355. The zero-order valence-corrected chi connectivity index (χ0v) is 21.3. The van der Waals surface area contributed by atoms with Gasteiger partial charge in [-0.3, -0.25) is 4.99 Å². The van der Waals surface area contributed by atoms with Gasteiger partial charge in [0.1, 0.15) is 0 Å². The number of ether oxygens (including phenoxy) is 1. The van der Waals surface area contributed by atoms with Gasteiger partial charge in [0, 0.05) is 62.4 Å². The number of benzene rings is 1. The van der Waals surface area contributed by atoms with E-state index in [1.807, 2.05) is 13.2 Å². The number of aromatic nitrogens is 1. The quantitative estimate of drug-likeness (QED) is 0.269. The van der Waals surface area contributed by atoms with Crippen LogP contribution < -0.4 is 16.0 Å². The van der Waals surface area contributed by atoms with E-state index < -0.39 is 0 Å². The molecule has 0 bridgehead atoms. The summed E-state index contributed by atoms with van der Waals surface area (Å²) in [6.45, 7) is 7.51. The summed E-state index contributed by atoms with van der Waals surface area (Å²) in [7, 11) is 1.82. The Balaban J connectivity index is 0.00000320. The largest absolute Gasteiger partial charge is 0.381 e. The van der Waals surface area contributed by atoms with Gasteiger partial charge < -0.3 is 20.7 Å². The van der Waals surface area contributed by atoms with Crippen LogP contribution in [0.3, 0.4) is 0 Å². The fraction of sp³-hybridized carbons (Fsp3) is 0.545. The summed E-state index contributed by atoms with van der Waals surface area (Å²) in [5, 5.41) is 12.0. The minimum Gasteiger partial charge on any atom is -0.381 e. The molecule has 0 spiro atoms. The second kappa shape index (κ2) is 12.6. The number of thiazole rings is 1. The van der Waals surface area contributed by atoms with Crippen LogP contribution in [0.15, 0.2) is 41.5 Å². The third-order valence-electron chi connectivity index (χ3n) is 5.39. The third kappa shape index (κ3) is 7.47. The average Bonchev–Trinajstić information content (AvgIpc) is 3.17. The maximum atomic E-state index is 5.64. The summed E-state index contributed by atoms with van der Waals surface area (Å²) in [6, 6.07) is 10.9. The van der Waals surface area contributed by atoms with Crippen molar-refractivity contribution in [2.75, 3.05) is 33.4 Å². The molecular formula is C22H34IN5OS. The van der Waals surface area contributed by atoms with Crippen LogP contribution in [0.4, 0.5) is 0 Å². The van der Waals surface area contributed by atoms with Crippen LogP contribution in [0.1, 0.15) is 41.3 Å². The van der Waals surface area contributed by atoms with Crippen molar-refractivity contribution in [3.05, 3.63) is 52.0 Å². The molecule has 3 rings (SSSR count). The van der Waals surface area contributed by atoms with Crippen molar-refractivity contribution in [2.24, 2.45) is 4.99 Å². The molecule has 1 aliphatic heterocycles. The first-order valence-corrected chi connectivity index (χ1v) is 11.2. The number of nitrogens with zero attached hydrogens (tertiary/aromatic N) is 2. The van der Waals surface area contributed by atoms with Gasteiger partial charge in [-0.2, -0.15) is 0 Å². The number of aryl methyl sites for hydroxylation is 1. The standard InChI is InChI=1S/C22H33N5OS.HI/c1-17-15-25-20(29-17)9-12-24-21(23-3)26-16-22(10-13-28-14-11-22)27-18(2)19-7-5-4-6-8-19;/h4-8,15,18,27H,9-14,16H2,1-3H3,(H2,23,24,26);1H. The van der Waals surface area contributed by atoms with Crippen molar-refractivity contribution in [1.82, 2.24) is 20.9 Å². The van der Waals surface area contributed by atoms with Crippen LogP contribution >= 0.6 is 35.3 Å².